The Kier molecular flexibility index (Phi) is 10.3. The number of halogens is 3. The molecule has 5 N–H and O–H groups in total. The number of hydrogen-bond acceptors (Lipinski definition) is 7. The number of H-pyrrole nitrogens is 1. The summed E-state index contributed by atoms with van der Waals surface area (Å²) in [5.41, 5.74) is 4.09. The topological polar surface area (TPSA) is 124 Å². The number of amides is 2. The van der Waals surface area contributed by atoms with Crippen LogP contribution in [0.1, 0.15) is 30.9 Å². The van der Waals surface area contributed by atoms with Gasteiger partial charge >= 0.3 is 6.18 Å². The summed E-state index contributed by atoms with van der Waals surface area (Å²) in [7, 11) is 3.95. The van der Waals surface area contributed by atoms with Gasteiger partial charge in [-0.05, 0) is 75.5 Å². The fraction of sp³-hybridized carbons (Fsp3) is 0.515. The van der Waals surface area contributed by atoms with E-state index in [0.29, 0.717) is 25.2 Å². The smallest absolute Gasteiger partial charge is 0.374 e. The van der Waals surface area contributed by atoms with Gasteiger partial charge in [-0.2, -0.15) is 13.2 Å². The fourth-order valence-corrected chi connectivity index (χ4v) is 6.77. The number of piperidine rings is 1. The Bertz CT molecular complexity index is 1520. The van der Waals surface area contributed by atoms with Crippen LogP contribution < -0.4 is 15.5 Å². The van der Waals surface area contributed by atoms with E-state index >= 15 is 0 Å². The van der Waals surface area contributed by atoms with Crippen LogP contribution >= 0.6 is 0 Å². The first kappa shape index (κ1) is 33.7. The molecule has 5 rings (SSSR count). The summed E-state index contributed by atoms with van der Waals surface area (Å²) in [4.78, 5) is 36.2. The summed E-state index contributed by atoms with van der Waals surface area (Å²) < 4.78 is 39.2. The van der Waals surface area contributed by atoms with Crippen molar-refractivity contribution in [1.29, 1.82) is 0 Å². The predicted molar refractivity (Wildman–Crippen MR) is 170 cm³/mol. The lowest BCUT2D eigenvalue weighted by Crippen LogP contribution is -2.55. The zero-order valence-corrected chi connectivity index (χ0v) is 26.3. The standard InChI is InChI=1S/C33H43F3N6O4/c1-20(43)38-27-9-6-10-29-25(27)15-21(18-40(2)3)19-42(29)31(45)28(16-23-17-37-26-8-5-4-7-24(23)26)39-30(44)22-11-13-41(14-12-22)32(46)33(34,35)36/h4-10,17,20-22,28,32,37-38,43,46H,11-16,18-19H2,1-3H3,(H,39,44)/t20?,21?,28-,32?/m1/s1. The van der Waals surface area contributed by atoms with Crippen LogP contribution in [0.15, 0.2) is 48.7 Å². The molecular weight excluding hydrogens is 601 g/mol. The van der Waals surface area contributed by atoms with Crippen molar-refractivity contribution < 1.29 is 33.0 Å². The van der Waals surface area contributed by atoms with E-state index in [1.807, 2.05) is 62.8 Å². The second-order valence-corrected chi connectivity index (χ2v) is 12.8. The SMILES string of the molecule is CC(O)Nc1cccc2c1CC(CN(C)C)CN2C(=O)[C@@H](Cc1c[nH]c2ccccc12)NC(=O)C1CCN(C(O)C(F)(F)F)CC1. The van der Waals surface area contributed by atoms with E-state index in [1.165, 1.54) is 0 Å². The molecule has 250 valence electrons. The minimum atomic E-state index is -4.77. The number of nitrogens with one attached hydrogen (secondary N) is 3. The zero-order valence-electron chi connectivity index (χ0n) is 26.3. The molecule has 0 aliphatic carbocycles. The molecule has 10 nitrogen and oxygen atoms in total. The lowest BCUT2D eigenvalue weighted by atomic mass is 9.89. The van der Waals surface area contributed by atoms with Crippen LogP contribution in [0.5, 0.6) is 0 Å². The number of hydrogen-bond donors (Lipinski definition) is 5. The normalized spacial score (nSPS) is 19.9. The molecule has 1 aromatic heterocycles. The van der Waals surface area contributed by atoms with Crippen LogP contribution in [0.2, 0.25) is 0 Å². The largest absolute Gasteiger partial charge is 0.428 e. The van der Waals surface area contributed by atoms with Gasteiger partial charge in [0.1, 0.15) is 12.3 Å². The van der Waals surface area contributed by atoms with Gasteiger partial charge in [0, 0.05) is 67.0 Å². The molecule has 1 saturated heterocycles. The molecule has 46 heavy (non-hydrogen) atoms. The van der Waals surface area contributed by atoms with Crippen LogP contribution in [0.3, 0.4) is 0 Å². The van der Waals surface area contributed by atoms with Crippen molar-refractivity contribution in [3.63, 3.8) is 0 Å². The monoisotopic (exact) mass is 644 g/mol. The molecule has 13 heteroatoms. The highest BCUT2D eigenvalue weighted by molar-refractivity contribution is 6.01. The first-order valence-corrected chi connectivity index (χ1v) is 15.7. The Balaban J connectivity index is 1.43. The summed E-state index contributed by atoms with van der Waals surface area (Å²) in [5, 5.41) is 26.8. The lowest BCUT2D eigenvalue weighted by molar-refractivity contribution is -0.252. The van der Waals surface area contributed by atoms with Gasteiger partial charge < -0.3 is 35.6 Å². The number of likely N-dealkylation sites (tertiary alicyclic amines) is 1. The van der Waals surface area contributed by atoms with Crippen molar-refractivity contribution in [3.8, 4) is 0 Å². The third-order valence-corrected chi connectivity index (χ3v) is 8.88. The van der Waals surface area contributed by atoms with E-state index in [0.717, 1.165) is 32.6 Å². The second kappa shape index (κ2) is 14.0. The number of aromatic nitrogens is 1. The zero-order chi connectivity index (χ0) is 33.2. The molecule has 2 aliphatic heterocycles. The highest BCUT2D eigenvalue weighted by Gasteiger charge is 2.44. The molecule has 3 heterocycles. The number of aliphatic hydroxyl groups excluding tert-OH is 2. The van der Waals surface area contributed by atoms with E-state index in [2.05, 4.69) is 20.5 Å². The number of carbonyl (C=O) groups excluding carboxylic acids is 2. The van der Waals surface area contributed by atoms with E-state index in [4.69, 9.17) is 0 Å². The van der Waals surface area contributed by atoms with Gasteiger partial charge in [0.15, 0.2) is 0 Å². The molecule has 1 fully saturated rings. The van der Waals surface area contributed by atoms with Crippen LogP contribution in [-0.4, -0.2) is 102 Å². The molecule has 3 unspecified atom stereocenters. The van der Waals surface area contributed by atoms with Crippen LogP contribution in [-0.2, 0) is 22.4 Å². The summed E-state index contributed by atoms with van der Waals surface area (Å²) in [6.45, 7) is 2.59. The fourth-order valence-electron chi connectivity index (χ4n) is 6.77. The van der Waals surface area contributed by atoms with Gasteiger partial charge in [-0.15, -0.1) is 0 Å². The highest BCUT2D eigenvalue weighted by atomic mass is 19.4. The van der Waals surface area contributed by atoms with Crippen molar-refractivity contribution in [1.82, 2.24) is 20.1 Å². The molecule has 2 aliphatic rings. The molecule has 2 aromatic carbocycles. The molecule has 0 radical (unpaired) electrons. The second-order valence-electron chi connectivity index (χ2n) is 12.8. The van der Waals surface area contributed by atoms with E-state index in [9.17, 15) is 33.0 Å². The van der Waals surface area contributed by atoms with Crippen molar-refractivity contribution in [3.05, 3.63) is 59.8 Å². The van der Waals surface area contributed by atoms with Gasteiger partial charge in [0.2, 0.25) is 18.0 Å². The van der Waals surface area contributed by atoms with Crippen LogP contribution in [0.25, 0.3) is 10.9 Å². The molecule has 0 spiro atoms. The summed E-state index contributed by atoms with van der Waals surface area (Å²) in [6.07, 6.45) is -5.18. The number of carbonyl (C=O) groups is 2. The van der Waals surface area contributed by atoms with Crippen molar-refractivity contribution in [2.45, 2.75) is 57.3 Å². The number of aliphatic hydroxyl groups is 2. The summed E-state index contributed by atoms with van der Waals surface area (Å²) in [5.74, 6) is -1.21. The van der Waals surface area contributed by atoms with Crippen molar-refractivity contribution in [2.75, 3.05) is 50.5 Å². The van der Waals surface area contributed by atoms with E-state index in [1.54, 1.807) is 11.8 Å². The minimum Gasteiger partial charge on any atom is -0.374 e. The molecular formula is C33H43F3N6O4. The lowest BCUT2D eigenvalue weighted by Gasteiger charge is -2.39. The van der Waals surface area contributed by atoms with Crippen molar-refractivity contribution >= 4 is 34.1 Å². The molecule has 2 amide bonds. The Morgan fingerprint density at radius 1 is 1.09 bits per heavy atom. The molecule has 4 atom stereocenters. The van der Waals surface area contributed by atoms with Crippen LogP contribution in [0.4, 0.5) is 24.5 Å². The number of aromatic amines is 1. The number of rotatable bonds is 10. The summed E-state index contributed by atoms with van der Waals surface area (Å²) >= 11 is 0. The maximum atomic E-state index is 14.6. The number of anilines is 2. The number of benzene rings is 2. The Labute approximate surface area is 266 Å². The van der Waals surface area contributed by atoms with Gasteiger partial charge in [-0.3, -0.25) is 14.5 Å². The average molecular weight is 645 g/mol. The quantitative estimate of drug-likeness (QED) is 0.215. The van der Waals surface area contributed by atoms with E-state index < -0.39 is 36.5 Å². The highest BCUT2D eigenvalue weighted by Crippen LogP contribution is 2.36. The first-order valence-electron chi connectivity index (χ1n) is 15.7. The Morgan fingerprint density at radius 2 is 1.80 bits per heavy atom. The first-order chi connectivity index (χ1) is 21.8. The molecule has 0 bridgehead atoms. The Hall–Kier alpha value is -3.65. The summed E-state index contributed by atoms with van der Waals surface area (Å²) in [6, 6.07) is 12.3. The maximum absolute atomic E-state index is 14.6. The minimum absolute atomic E-state index is 0.0808. The third-order valence-electron chi connectivity index (χ3n) is 8.88. The molecule has 0 saturated carbocycles. The maximum Gasteiger partial charge on any atom is 0.428 e. The Morgan fingerprint density at radius 3 is 2.48 bits per heavy atom. The van der Waals surface area contributed by atoms with Crippen molar-refractivity contribution in [2.24, 2.45) is 11.8 Å². The number of para-hydroxylation sites is 1. The van der Waals surface area contributed by atoms with Crippen LogP contribution in [0, 0.1) is 11.8 Å². The third kappa shape index (κ3) is 7.65. The van der Waals surface area contributed by atoms with Gasteiger partial charge in [-0.25, -0.2) is 0 Å². The van der Waals surface area contributed by atoms with Gasteiger partial charge in [-0.1, -0.05) is 24.3 Å². The molecule has 3 aromatic rings. The van der Waals surface area contributed by atoms with E-state index in [-0.39, 0.29) is 44.2 Å². The number of nitrogens with zero attached hydrogens (tertiary/aromatic N) is 3. The average Bonchev–Trinajstić information content (AvgIpc) is 3.41. The predicted octanol–water partition coefficient (Wildman–Crippen LogP) is 3.31. The van der Waals surface area contributed by atoms with Gasteiger partial charge in [0.25, 0.3) is 0 Å². The number of alkyl halides is 3. The number of fused-ring (bicyclic) bond motifs is 2. The van der Waals surface area contributed by atoms with Gasteiger partial charge in [0.05, 0.1) is 0 Å².